The molecule has 6 heteroatoms. The molecule has 0 aliphatic heterocycles. The van der Waals surface area contributed by atoms with Gasteiger partial charge in [0, 0.05) is 19.4 Å². The van der Waals surface area contributed by atoms with Crippen molar-refractivity contribution in [1.29, 1.82) is 0 Å². The molecule has 0 bridgehead atoms. The Morgan fingerprint density at radius 2 is 0.704 bits per heavy atom. The maximum absolute atomic E-state index is 12.4. The van der Waals surface area contributed by atoms with E-state index in [0.717, 1.165) is 77.0 Å². The summed E-state index contributed by atoms with van der Waals surface area (Å²) in [4.78, 5) is 37.0. The number of amides is 2. The molecule has 0 rings (SSSR count). The smallest absolute Gasteiger partial charge is 0.330 e. The van der Waals surface area contributed by atoms with Crippen molar-refractivity contribution < 1.29 is 19.1 Å². The van der Waals surface area contributed by atoms with Crippen LogP contribution in [0.4, 0.5) is 0 Å². The van der Waals surface area contributed by atoms with Crippen LogP contribution in [0, 0.1) is 0 Å². The topological polar surface area (TPSA) is 84.5 Å². The van der Waals surface area contributed by atoms with Crippen molar-refractivity contribution in [2.75, 3.05) is 13.7 Å². The molecule has 1 unspecified atom stereocenters. The van der Waals surface area contributed by atoms with Crippen LogP contribution < -0.4 is 10.6 Å². The molecule has 2 amide bonds. The fraction of sp³-hybridized carbons (Fsp3) is 0.438. The Kier molecular flexibility index (Phi) is 37.5. The van der Waals surface area contributed by atoms with Crippen LogP contribution >= 0.6 is 0 Å². The van der Waals surface area contributed by atoms with E-state index in [2.05, 4.69) is 146 Å². The second-order valence-corrected chi connectivity index (χ2v) is 12.4. The van der Waals surface area contributed by atoms with E-state index in [4.69, 9.17) is 4.74 Å². The monoisotopic (exact) mass is 739 g/mol. The van der Waals surface area contributed by atoms with E-state index in [9.17, 15) is 14.4 Å². The maximum atomic E-state index is 12.4. The van der Waals surface area contributed by atoms with Crippen LogP contribution in [0.1, 0.15) is 117 Å². The molecule has 6 nitrogen and oxygen atoms in total. The molecule has 1 atom stereocenters. The number of carbonyl (C=O) groups is 3. The zero-order valence-electron chi connectivity index (χ0n) is 33.6. The Morgan fingerprint density at radius 1 is 0.426 bits per heavy atom. The molecule has 0 fully saturated rings. The van der Waals surface area contributed by atoms with Crippen molar-refractivity contribution in [2.24, 2.45) is 0 Å². The maximum Gasteiger partial charge on any atom is 0.330 e. The molecule has 0 aliphatic carbocycles. The first kappa shape index (κ1) is 49.3. The van der Waals surface area contributed by atoms with Gasteiger partial charge in [-0.25, -0.2) is 4.79 Å². The largest absolute Gasteiger partial charge is 0.467 e. The van der Waals surface area contributed by atoms with Crippen molar-refractivity contribution in [2.45, 2.75) is 123 Å². The van der Waals surface area contributed by atoms with Crippen LogP contribution in [0.2, 0.25) is 0 Å². The zero-order chi connectivity index (χ0) is 39.4. The average molecular weight is 739 g/mol. The van der Waals surface area contributed by atoms with Gasteiger partial charge in [0.1, 0.15) is 6.04 Å². The molecular weight excluding hydrogens is 669 g/mol. The third-order valence-corrected chi connectivity index (χ3v) is 7.59. The number of methoxy groups -OCH3 is 1. The summed E-state index contributed by atoms with van der Waals surface area (Å²) in [6, 6.07) is -0.928. The van der Waals surface area contributed by atoms with Crippen molar-refractivity contribution in [3.63, 3.8) is 0 Å². The number of ether oxygens (including phenoxy) is 1. The highest BCUT2D eigenvalue weighted by Crippen LogP contribution is 2.01. The number of hydrogen-bond acceptors (Lipinski definition) is 4. The predicted octanol–water partition coefficient (Wildman–Crippen LogP) is 11.7. The number of esters is 1. The van der Waals surface area contributed by atoms with E-state index in [1.54, 1.807) is 0 Å². The fourth-order valence-electron chi connectivity index (χ4n) is 4.61. The zero-order valence-corrected chi connectivity index (χ0v) is 33.6. The average Bonchev–Trinajstić information content (AvgIpc) is 3.17. The van der Waals surface area contributed by atoms with Crippen molar-refractivity contribution in [3.8, 4) is 0 Å². The summed E-state index contributed by atoms with van der Waals surface area (Å²) in [7, 11) is 1.27. The SMILES string of the molecule is CCC=CCC=CCC=CCC=CCC=CCC=CCCC(=O)NCC(NC(=O)CCC=CCC=CCC=CCC=CCC=CCC=CCC)C(=O)OC. The quantitative estimate of drug-likeness (QED) is 0.0531. The molecule has 0 saturated heterocycles. The number of allylic oxidation sites excluding steroid dienone is 24. The molecule has 0 aromatic heterocycles. The molecule has 296 valence electrons. The van der Waals surface area contributed by atoms with Crippen molar-refractivity contribution >= 4 is 17.8 Å². The highest BCUT2D eigenvalue weighted by Gasteiger charge is 2.21. The fourth-order valence-corrected chi connectivity index (χ4v) is 4.61. The Morgan fingerprint density at radius 3 is 1.00 bits per heavy atom. The third-order valence-electron chi connectivity index (χ3n) is 7.59. The van der Waals surface area contributed by atoms with E-state index < -0.39 is 12.0 Å². The molecule has 0 aromatic carbocycles. The summed E-state index contributed by atoms with van der Waals surface area (Å²) in [5, 5.41) is 5.42. The molecule has 0 radical (unpaired) electrons. The van der Waals surface area contributed by atoms with Crippen LogP contribution in [0.15, 0.2) is 146 Å². The van der Waals surface area contributed by atoms with Gasteiger partial charge in [-0.2, -0.15) is 0 Å². The minimum atomic E-state index is -0.928. The van der Waals surface area contributed by atoms with Gasteiger partial charge in [0.05, 0.1) is 7.11 Å². The van der Waals surface area contributed by atoms with Gasteiger partial charge >= 0.3 is 5.97 Å². The summed E-state index contributed by atoms with van der Waals surface area (Å²) in [5.41, 5.74) is 0. The van der Waals surface area contributed by atoms with Gasteiger partial charge < -0.3 is 15.4 Å². The first-order chi connectivity index (χ1) is 26.5. The highest BCUT2D eigenvalue weighted by atomic mass is 16.5. The summed E-state index contributed by atoms with van der Waals surface area (Å²) in [6.07, 6.45) is 64.6. The van der Waals surface area contributed by atoms with Gasteiger partial charge in [0.25, 0.3) is 0 Å². The van der Waals surface area contributed by atoms with E-state index in [-0.39, 0.29) is 24.8 Å². The Labute approximate surface area is 328 Å². The van der Waals surface area contributed by atoms with Gasteiger partial charge in [0.2, 0.25) is 11.8 Å². The first-order valence-electron chi connectivity index (χ1n) is 20.0. The van der Waals surface area contributed by atoms with Crippen molar-refractivity contribution in [1.82, 2.24) is 10.6 Å². The van der Waals surface area contributed by atoms with Gasteiger partial charge in [0.15, 0.2) is 0 Å². The Bertz CT molecular complexity index is 1320. The second kappa shape index (κ2) is 41.1. The lowest BCUT2D eigenvalue weighted by molar-refractivity contribution is -0.145. The predicted molar refractivity (Wildman–Crippen MR) is 232 cm³/mol. The second-order valence-electron chi connectivity index (χ2n) is 12.4. The lowest BCUT2D eigenvalue weighted by atomic mass is 10.2. The molecule has 54 heavy (non-hydrogen) atoms. The lowest BCUT2D eigenvalue weighted by Gasteiger charge is -2.17. The molecule has 0 heterocycles. The number of carbonyl (C=O) groups excluding carboxylic acids is 3. The molecule has 2 N–H and O–H groups in total. The van der Waals surface area contributed by atoms with Crippen molar-refractivity contribution in [3.05, 3.63) is 146 Å². The van der Waals surface area contributed by atoms with E-state index >= 15 is 0 Å². The molecule has 0 saturated carbocycles. The number of nitrogens with one attached hydrogen (secondary N) is 2. The Hall–Kier alpha value is -4.71. The van der Waals surface area contributed by atoms with E-state index in [0.29, 0.717) is 19.3 Å². The van der Waals surface area contributed by atoms with Gasteiger partial charge in [-0.3, -0.25) is 9.59 Å². The van der Waals surface area contributed by atoms with Gasteiger partial charge in [-0.1, -0.05) is 160 Å². The number of hydrogen-bond donors (Lipinski definition) is 2. The van der Waals surface area contributed by atoms with Crippen LogP contribution in [0.3, 0.4) is 0 Å². The van der Waals surface area contributed by atoms with Crippen LogP contribution in [0.5, 0.6) is 0 Å². The molecule has 0 aliphatic rings. The molecule has 0 aromatic rings. The lowest BCUT2D eigenvalue weighted by Crippen LogP contribution is -2.48. The summed E-state index contributed by atoms with van der Waals surface area (Å²) in [5.74, 6) is -1.04. The standard InChI is InChI=1S/C48H70N2O4/c1-4-6-8-10-12-14-16-18-20-22-24-26-28-30-32-34-36-38-40-42-46(51)49-44-45(48(53)54-3)50-47(52)43-41-39-37-35-33-31-29-27-25-23-21-19-17-15-13-11-9-7-5-2/h6-9,12-15,18-21,24-27,30-33,36-39,45H,4-5,10-11,16-17,22-23,28-29,34-35,40-44H2,1-3H3,(H,49,51)(H,50,52). The number of rotatable bonds is 32. The molecule has 0 spiro atoms. The minimum Gasteiger partial charge on any atom is -0.467 e. The Balaban J connectivity index is 4.09. The van der Waals surface area contributed by atoms with E-state index in [1.807, 2.05) is 24.3 Å². The van der Waals surface area contributed by atoms with Crippen LogP contribution in [-0.2, 0) is 19.1 Å². The van der Waals surface area contributed by atoms with E-state index in [1.165, 1.54) is 7.11 Å². The summed E-state index contributed by atoms with van der Waals surface area (Å²) < 4.78 is 4.83. The minimum absolute atomic E-state index is 0.0130. The van der Waals surface area contributed by atoms with Crippen LogP contribution in [-0.4, -0.2) is 37.5 Å². The summed E-state index contributed by atoms with van der Waals surface area (Å²) in [6.45, 7) is 4.27. The normalized spacial score (nSPS) is 13.6. The van der Waals surface area contributed by atoms with Crippen LogP contribution in [0.25, 0.3) is 0 Å². The first-order valence-corrected chi connectivity index (χ1v) is 20.0. The van der Waals surface area contributed by atoms with Gasteiger partial charge in [-0.05, 0) is 89.9 Å². The third kappa shape index (κ3) is 37.1. The molecular formula is C48H70N2O4. The van der Waals surface area contributed by atoms with Gasteiger partial charge in [-0.15, -0.1) is 0 Å². The summed E-state index contributed by atoms with van der Waals surface area (Å²) >= 11 is 0. The highest BCUT2D eigenvalue weighted by molar-refractivity contribution is 5.85.